The molecule has 7 heteroatoms. The lowest BCUT2D eigenvalue weighted by molar-refractivity contribution is 0.171. The van der Waals surface area contributed by atoms with Crippen LogP contribution in [-0.4, -0.2) is 51.4 Å². The number of hydrogen-bond donors (Lipinski definition) is 1. The summed E-state index contributed by atoms with van der Waals surface area (Å²) in [5, 5.41) is 11.6. The number of para-hydroxylation sites is 1. The van der Waals surface area contributed by atoms with Gasteiger partial charge in [-0.3, -0.25) is 0 Å². The van der Waals surface area contributed by atoms with Crippen molar-refractivity contribution in [2.24, 2.45) is 0 Å². The molecule has 1 N–H and O–H groups in total. The van der Waals surface area contributed by atoms with E-state index in [1.807, 2.05) is 17.9 Å². The minimum absolute atomic E-state index is 0.0155. The molecule has 2 amide bonds. The van der Waals surface area contributed by atoms with E-state index < -0.39 is 0 Å². The van der Waals surface area contributed by atoms with Crippen LogP contribution in [0.2, 0.25) is 0 Å². The van der Waals surface area contributed by atoms with Crippen LogP contribution >= 0.6 is 0 Å². The van der Waals surface area contributed by atoms with Gasteiger partial charge in [0.25, 0.3) is 0 Å². The third-order valence-electron chi connectivity index (χ3n) is 5.53. The molecule has 3 heterocycles. The lowest BCUT2D eigenvalue weighted by atomic mass is 10.1. The van der Waals surface area contributed by atoms with Gasteiger partial charge in [0.15, 0.2) is 0 Å². The number of nitrogens with one attached hydrogen (secondary N) is 1. The average Bonchev–Trinajstić information content (AvgIpc) is 2.93. The lowest BCUT2D eigenvalue weighted by Crippen LogP contribution is -2.51. The third kappa shape index (κ3) is 3.02. The topological polar surface area (TPSA) is 66.3 Å². The van der Waals surface area contributed by atoms with Gasteiger partial charge in [0.05, 0.1) is 0 Å². The molecule has 2 aliphatic heterocycles. The number of aryl methyl sites for hydroxylation is 2. The van der Waals surface area contributed by atoms with Crippen LogP contribution in [0.3, 0.4) is 0 Å². The van der Waals surface area contributed by atoms with E-state index in [2.05, 4.69) is 57.2 Å². The number of benzene rings is 1. The summed E-state index contributed by atoms with van der Waals surface area (Å²) in [6.45, 7) is 6.29. The van der Waals surface area contributed by atoms with Crippen molar-refractivity contribution in [1.82, 2.24) is 25.0 Å². The Kier molecular flexibility index (Phi) is 4.30. The van der Waals surface area contributed by atoms with E-state index in [9.17, 15) is 4.79 Å². The van der Waals surface area contributed by atoms with E-state index in [0.717, 1.165) is 37.6 Å². The Labute approximate surface area is 154 Å². The molecule has 7 nitrogen and oxygen atoms in total. The monoisotopic (exact) mass is 354 g/mol. The standard InChI is InChI=1S/C19H26N6O/c1-13-10-23(3)17-7-5-4-6-15(17)11-24(13)19(26)20-16-8-9-18-22-21-14(2)25(18)12-16/h4-7,13,16H,8-12H2,1-3H3,(H,20,26)/t13-,16?/m0/s1. The molecular weight excluding hydrogens is 328 g/mol. The lowest BCUT2D eigenvalue weighted by Gasteiger charge is -2.32. The number of carbonyl (C=O) groups excluding carboxylic acids is 1. The van der Waals surface area contributed by atoms with E-state index >= 15 is 0 Å². The maximum Gasteiger partial charge on any atom is 0.318 e. The number of aromatic nitrogens is 3. The Bertz CT molecular complexity index is 816. The van der Waals surface area contributed by atoms with Gasteiger partial charge in [-0.15, -0.1) is 10.2 Å². The second-order valence-corrected chi connectivity index (χ2v) is 7.45. The molecule has 1 unspecified atom stereocenters. The molecule has 1 aromatic carbocycles. The first-order chi connectivity index (χ1) is 12.5. The van der Waals surface area contributed by atoms with Gasteiger partial charge < -0.3 is 19.7 Å². The van der Waals surface area contributed by atoms with Crippen LogP contribution < -0.4 is 10.2 Å². The van der Waals surface area contributed by atoms with Crippen LogP contribution in [0, 0.1) is 6.92 Å². The maximum absolute atomic E-state index is 13.0. The smallest absolute Gasteiger partial charge is 0.318 e. The number of amides is 2. The van der Waals surface area contributed by atoms with Crippen LogP contribution in [0.1, 0.15) is 30.6 Å². The van der Waals surface area contributed by atoms with Gasteiger partial charge in [-0.05, 0) is 31.9 Å². The molecule has 0 fully saturated rings. The number of anilines is 1. The molecule has 0 saturated carbocycles. The Morgan fingerprint density at radius 2 is 2.04 bits per heavy atom. The zero-order valence-corrected chi connectivity index (χ0v) is 15.6. The molecule has 2 atom stereocenters. The number of nitrogens with zero attached hydrogens (tertiary/aromatic N) is 5. The SMILES string of the molecule is Cc1nnc2n1CC(NC(=O)N1Cc3ccccc3N(C)C[C@@H]1C)CC2. The van der Waals surface area contributed by atoms with Crippen LogP contribution in [-0.2, 0) is 19.5 Å². The molecule has 4 rings (SSSR count). The van der Waals surface area contributed by atoms with Gasteiger partial charge in [-0.25, -0.2) is 4.79 Å². The largest absolute Gasteiger partial charge is 0.372 e. The second-order valence-electron chi connectivity index (χ2n) is 7.45. The molecule has 0 radical (unpaired) electrons. The molecule has 2 aliphatic rings. The number of carbonyl (C=O) groups is 1. The van der Waals surface area contributed by atoms with Crippen molar-refractivity contribution in [3.8, 4) is 0 Å². The fraction of sp³-hybridized carbons (Fsp3) is 0.526. The minimum atomic E-state index is 0.0155. The summed E-state index contributed by atoms with van der Waals surface area (Å²) in [7, 11) is 2.09. The van der Waals surface area contributed by atoms with Crippen LogP contribution in [0.15, 0.2) is 24.3 Å². The first-order valence-electron chi connectivity index (χ1n) is 9.28. The van der Waals surface area contributed by atoms with Crippen molar-refractivity contribution in [3.05, 3.63) is 41.5 Å². The number of likely N-dealkylation sites (N-methyl/N-ethyl adjacent to an activating group) is 1. The van der Waals surface area contributed by atoms with Gasteiger partial charge in [0.1, 0.15) is 11.6 Å². The molecule has 138 valence electrons. The quantitative estimate of drug-likeness (QED) is 0.850. The van der Waals surface area contributed by atoms with Gasteiger partial charge in [-0.1, -0.05) is 18.2 Å². The highest BCUT2D eigenvalue weighted by atomic mass is 16.2. The minimum Gasteiger partial charge on any atom is -0.372 e. The summed E-state index contributed by atoms with van der Waals surface area (Å²) < 4.78 is 2.11. The highest BCUT2D eigenvalue weighted by molar-refractivity contribution is 5.75. The number of hydrogen-bond acceptors (Lipinski definition) is 4. The van der Waals surface area contributed by atoms with Crippen molar-refractivity contribution >= 4 is 11.7 Å². The van der Waals surface area contributed by atoms with Crippen molar-refractivity contribution in [1.29, 1.82) is 0 Å². The summed E-state index contributed by atoms with van der Waals surface area (Å²) in [6.07, 6.45) is 1.76. The summed E-state index contributed by atoms with van der Waals surface area (Å²) in [6, 6.07) is 8.60. The van der Waals surface area contributed by atoms with Crippen molar-refractivity contribution < 1.29 is 4.79 Å². The number of fused-ring (bicyclic) bond motifs is 2. The van der Waals surface area contributed by atoms with Crippen molar-refractivity contribution in [2.45, 2.75) is 51.9 Å². The zero-order valence-electron chi connectivity index (χ0n) is 15.6. The molecule has 2 aromatic rings. The predicted molar refractivity (Wildman–Crippen MR) is 100 cm³/mol. The Balaban J connectivity index is 1.49. The van der Waals surface area contributed by atoms with E-state index in [1.54, 1.807) is 0 Å². The zero-order chi connectivity index (χ0) is 18.3. The van der Waals surface area contributed by atoms with Gasteiger partial charge in [0, 0.05) is 50.9 Å². The molecule has 0 saturated heterocycles. The summed E-state index contributed by atoms with van der Waals surface area (Å²) in [5.74, 6) is 1.93. The maximum atomic E-state index is 13.0. The van der Waals surface area contributed by atoms with Crippen LogP contribution in [0.4, 0.5) is 10.5 Å². The number of urea groups is 1. The molecule has 0 spiro atoms. The van der Waals surface area contributed by atoms with Gasteiger partial charge >= 0.3 is 6.03 Å². The summed E-state index contributed by atoms with van der Waals surface area (Å²) in [4.78, 5) is 17.2. The van der Waals surface area contributed by atoms with E-state index in [-0.39, 0.29) is 18.1 Å². The first-order valence-corrected chi connectivity index (χ1v) is 9.28. The van der Waals surface area contributed by atoms with Gasteiger partial charge in [0.2, 0.25) is 0 Å². The average molecular weight is 354 g/mol. The van der Waals surface area contributed by atoms with Gasteiger partial charge in [-0.2, -0.15) is 0 Å². The second kappa shape index (κ2) is 6.63. The Hall–Kier alpha value is -2.57. The highest BCUT2D eigenvalue weighted by Gasteiger charge is 2.29. The molecular formula is C19H26N6O. The predicted octanol–water partition coefficient (Wildman–Crippen LogP) is 1.95. The van der Waals surface area contributed by atoms with E-state index in [0.29, 0.717) is 6.54 Å². The number of rotatable bonds is 1. The Morgan fingerprint density at radius 1 is 1.23 bits per heavy atom. The normalized spacial score (nSPS) is 22.4. The van der Waals surface area contributed by atoms with Crippen molar-refractivity contribution in [3.63, 3.8) is 0 Å². The van der Waals surface area contributed by atoms with Crippen LogP contribution in [0.5, 0.6) is 0 Å². The molecule has 0 bridgehead atoms. The fourth-order valence-electron chi connectivity index (χ4n) is 4.06. The van der Waals surface area contributed by atoms with Crippen LogP contribution in [0.25, 0.3) is 0 Å². The molecule has 0 aliphatic carbocycles. The van der Waals surface area contributed by atoms with E-state index in [4.69, 9.17) is 0 Å². The third-order valence-corrected chi connectivity index (χ3v) is 5.53. The first kappa shape index (κ1) is 16.9. The fourth-order valence-corrected chi connectivity index (χ4v) is 4.06. The summed E-state index contributed by atoms with van der Waals surface area (Å²) >= 11 is 0. The summed E-state index contributed by atoms with van der Waals surface area (Å²) in [5.41, 5.74) is 2.40. The molecule has 1 aromatic heterocycles. The van der Waals surface area contributed by atoms with E-state index in [1.165, 1.54) is 11.3 Å². The Morgan fingerprint density at radius 3 is 2.88 bits per heavy atom. The molecule has 26 heavy (non-hydrogen) atoms. The highest BCUT2D eigenvalue weighted by Crippen LogP contribution is 2.26. The van der Waals surface area contributed by atoms with Crippen molar-refractivity contribution in [2.75, 3.05) is 18.5 Å².